The van der Waals surface area contributed by atoms with E-state index in [1.165, 1.54) is 0 Å². The minimum Gasteiger partial charge on any atom is -0.384 e. The Balaban J connectivity index is 1.75. The van der Waals surface area contributed by atoms with Crippen LogP contribution in [0, 0.1) is 5.92 Å². The van der Waals surface area contributed by atoms with Crippen LogP contribution in [-0.2, 0) is 15.7 Å². The third-order valence-electron chi connectivity index (χ3n) is 7.81. The monoisotopic (exact) mass is 555 g/mol. The molecule has 1 aliphatic carbocycles. The van der Waals surface area contributed by atoms with Gasteiger partial charge in [0.1, 0.15) is 6.04 Å². The number of methoxy groups -OCH3 is 1. The first-order chi connectivity index (χ1) is 18.4. The van der Waals surface area contributed by atoms with E-state index >= 15 is 0 Å². The maximum absolute atomic E-state index is 13.4. The third kappa shape index (κ3) is 7.42. The number of alkyl halides is 3. The molecule has 4 amide bonds. The molecule has 3 N–H and O–H groups in total. The summed E-state index contributed by atoms with van der Waals surface area (Å²) in [7, 11) is 3.75. The summed E-state index contributed by atoms with van der Waals surface area (Å²) in [6.07, 6.45) is -1.73. The average Bonchev–Trinajstić information content (AvgIpc) is 3.22. The molecule has 2 fully saturated rings. The van der Waals surface area contributed by atoms with Crippen molar-refractivity contribution in [3.05, 3.63) is 29.3 Å². The van der Waals surface area contributed by atoms with Gasteiger partial charge in [0.25, 0.3) is 5.91 Å². The second kappa shape index (κ2) is 13.0. The highest BCUT2D eigenvalue weighted by molar-refractivity contribution is 6.05. The number of urea groups is 1. The first-order valence-corrected chi connectivity index (χ1v) is 13.5. The average molecular weight is 556 g/mol. The second-order valence-electron chi connectivity index (χ2n) is 10.6. The summed E-state index contributed by atoms with van der Waals surface area (Å²) in [5, 5.41) is 7.52. The predicted molar refractivity (Wildman–Crippen MR) is 141 cm³/mol. The Kier molecular flexibility index (Phi) is 10.2. The van der Waals surface area contributed by atoms with Gasteiger partial charge in [0.2, 0.25) is 5.91 Å². The number of rotatable bonds is 9. The van der Waals surface area contributed by atoms with Gasteiger partial charge in [-0.25, -0.2) is 4.79 Å². The number of hydrogen-bond acceptors (Lipinski definition) is 5. The van der Waals surface area contributed by atoms with Crippen LogP contribution in [0.4, 0.5) is 23.7 Å². The number of anilines is 1. The number of likely N-dealkylation sites (tertiary alicyclic amines) is 1. The van der Waals surface area contributed by atoms with E-state index in [1.807, 2.05) is 0 Å². The molecule has 0 unspecified atom stereocenters. The van der Waals surface area contributed by atoms with E-state index in [0.29, 0.717) is 44.3 Å². The molecule has 1 heterocycles. The first kappa shape index (κ1) is 30.7. The Morgan fingerprint density at radius 3 is 2.54 bits per heavy atom. The van der Waals surface area contributed by atoms with Crippen molar-refractivity contribution < 1.29 is 32.3 Å². The molecule has 12 heteroatoms. The number of amides is 4. The van der Waals surface area contributed by atoms with Crippen LogP contribution in [0.2, 0.25) is 0 Å². The molecule has 9 nitrogen and oxygen atoms in total. The largest absolute Gasteiger partial charge is 0.416 e. The van der Waals surface area contributed by atoms with Gasteiger partial charge in [-0.3, -0.25) is 9.59 Å². The standard InChI is InChI=1S/C27H40F3N5O4/c1-6-31-26(38)33-21-9-7-18(27(28,29)30)14-20(21)24(36)32-22-11-12-35(25(22)37)23-10-8-19(34(4)16(2)3)13-17(23)15-39-5/h7,9,14,16-17,19,22-23H,6,8,10-13,15H2,1-5H3,(H,32,36)(H2,31,33,38)/t17-,19+,22-,23-/m0/s1. The fourth-order valence-corrected chi connectivity index (χ4v) is 5.56. The van der Waals surface area contributed by atoms with Crippen LogP contribution in [0.3, 0.4) is 0 Å². The molecule has 3 rings (SSSR count). The molecule has 1 saturated heterocycles. The summed E-state index contributed by atoms with van der Waals surface area (Å²) in [5.74, 6) is -0.983. The Morgan fingerprint density at radius 2 is 1.92 bits per heavy atom. The van der Waals surface area contributed by atoms with Gasteiger partial charge in [-0.15, -0.1) is 0 Å². The summed E-state index contributed by atoms with van der Waals surface area (Å²) in [6, 6.07) is 1.73. The van der Waals surface area contributed by atoms with Crippen LogP contribution in [0.15, 0.2) is 18.2 Å². The Morgan fingerprint density at radius 1 is 1.21 bits per heavy atom. The Labute approximate surface area is 227 Å². The van der Waals surface area contributed by atoms with Crippen LogP contribution < -0.4 is 16.0 Å². The van der Waals surface area contributed by atoms with E-state index in [9.17, 15) is 27.6 Å². The Hall–Kier alpha value is -2.86. The molecule has 1 saturated carbocycles. The van der Waals surface area contributed by atoms with Crippen molar-refractivity contribution in [1.82, 2.24) is 20.4 Å². The summed E-state index contributed by atoms with van der Waals surface area (Å²) < 4.78 is 45.6. The third-order valence-corrected chi connectivity index (χ3v) is 7.81. The molecular weight excluding hydrogens is 515 g/mol. The zero-order valence-corrected chi connectivity index (χ0v) is 23.2. The lowest BCUT2D eigenvalue weighted by atomic mass is 9.80. The van der Waals surface area contributed by atoms with Gasteiger partial charge in [0.15, 0.2) is 0 Å². The van der Waals surface area contributed by atoms with Crippen LogP contribution in [0.25, 0.3) is 0 Å². The normalized spacial score (nSPS) is 23.8. The lowest BCUT2D eigenvalue weighted by molar-refractivity contribution is -0.137. The van der Waals surface area contributed by atoms with Gasteiger partial charge < -0.3 is 30.5 Å². The fourth-order valence-electron chi connectivity index (χ4n) is 5.56. The molecule has 1 aliphatic heterocycles. The van der Waals surface area contributed by atoms with E-state index in [2.05, 4.69) is 41.7 Å². The molecule has 1 aromatic rings. The number of nitrogens with zero attached hydrogens (tertiary/aromatic N) is 2. The highest BCUT2D eigenvalue weighted by Gasteiger charge is 2.43. The molecule has 0 radical (unpaired) electrons. The molecule has 2 aliphatic rings. The topological polar surface area (TPSA) is 103 Å². The van der Waals surface area contributed by atoms with Gasteiger partial charge in [0, 0.05) is 44.2 Å². The van der Waals surface area contributed by atoms with Crippen molar-refractivity contribution in [2.45, 2.75) is 76.8 Å². The fraction of sp³-hybridized carbons (Fsp3) is 0.667. The predicted octanol–water partition coefficient (Wildman–Crippen LogP) is 3.70. The number of halogens is 3. The van der Waals surface area contributed by atoms with Crippen molar-refractivity contribution in [2.75, 3.05) is 39.2 Å². The summed E-state index contributed by atoms with van der Waals surface area (Å²) >= 11 is 0. The number of carbonyl (C=O) groups excluding carboxylic acids is 3. The lowest BCUT2D eigenvalue weighted by Crippen LogP contribution is -2.52. The van der Waals surface area contributed by atoms with Crippen LogP contribution >= 0.6 is 0 Å². The molecule has 0 aromatic heterocycles. The first-order valence-electron chi connectivity index (χ1n) is 13.5. The van der Waals surface area contributed by atoms with Crippen molar-refractivity contribution in [3.8, 4) is 0 Å². The molecule has 39 heavy (non-hydrogen) atoms. The molecular formula is C27H40F3N5O4. The summed E-state index contributed by atoms with van der Waals surface area (Å²) in [5.41, 5.74) is -1.47. The highest BCUT2D eigenvalue weighted by Crippen LogP contribution is 2.35. The van der Waals surface area contributed by atoms with Crippen molar-refractivity contribution in [3.63, 3.8) is 0 Å². The van der Waals surface area contributed by atoms with E-state index in [1.54, 1.807) is 18.9 Å². The number of carbonyl (C=O) groups is 3. The highest BCUT2D eigenvalue weighted by atomic mass is 19.4. The number of ether oxygens (including phenoxy) is 1. The maximum Gasteiger partial charge on any atom is 0.416 e. The van der Waals surface area contributed by atoms with Crippen LogP contribution in [0.5, 0.6) is 0 Å². The molecule has 0 spiro atoms. The molecule has 1 aromatic carbocycles. The van der Waals surface area contributed by atoms with E-state index < -0.39 is 29.7 Å². The quantitative estimate of drug-likeness (QED) is 0.431. The number of hydrogen-bond donors (Lipinski definition) is 3. The molecule has 0 bridgehead atoms. The summed E-state index contributed by atoms with van der Waals surface area (Å²) in [4.78, 5) is 42.7. The zero-order valence-electron chi connectivity index (χ0n) is 23.2. The SMILES string of the molecule is CCNC(=O)Nc1ccc(C(F)(F)F)cc1C(=O)N[C@H]1CCN([C@H]2CC[C@@H](N(C)C(C)C)C[C@H]2COC)C1=O. The minimum absolute atomic E-state index is 0.0420. The minimum atomic E-state index is -4.68. The van der Waals surface area contributed by atoms with E-state index in [-0.39, 0.29) is 29.1 Å². The maximum atomic E-state index is 13.4. The van der Waals surface area contributed by atoms with Gasteiger partial charge in [-0.05, 0) is 71.7 Å². The summed E-state index contributed by atoms with van der Waals surface area (Å²) in [6.45, 7) is 7.22. The number of nitrogens with one attached hydrogen (secondary N) is 3. The van der Waals surface area contributed by atoms with Gasteiger partial charge in [0.05, 0.1) is 23.4 Å². The molecule has 218 valence electrons. The Bertz CT molecular complexity index is 1040. The zero-order chi connectivity index (χ0) is 28.9. The van der Waals surface area contributed by atoms with Crippen LogP contribution in [0.1, 0.15) is 62.4 Å². The van der Waals surface area contributed by atoms with Gasteiger partial charge in [-0.1, -0.05) is 0 Å². The van der Waals surface area contributed by atoms with Crippen molar-refractivity contribution in [2.24, 2.45) is 5.92 Å². The van der Waals surface area contributed by atoms with Gasteiger partial charge >= 0.3 is 12.2 Å². The molecule has 4 atom stereocenters. The second-order valence-corrected chi connectivity index (χ2v) is 10.6. The van der Waals surface area contributed by atoms with Crippen molar-refractivity contribution >= 4 is 23.5 Å². The smallest absolute Gasteiger partial charge is 0.384 e. The van der Waals surface area contributed by atoms with Gasteiger partial charge in [-0.2, -0.15) is 13.2 Å². The number of benzene rings is 1. The van der Waals surface area contributed by atoms with Crippen LogP contribution in [-0.4, -0.2) is 85.7 Å². The lowest BCUT2D eigenvalue weighted by Gasteiger charge is -2.44. The van der Waals surface area contributed by atoms with Crippen molar-refractivity contribution in [1.29, 1.82) is 0 Å². The van der Waals surface area contributed by atoms with E-state index in [0.717, 1.165) is 31.4 Å². The van der Waals surface area contributed by atoms with E-state index in [4.69, 9.17) is 4.74 Å².